The second-order valence-electron chi connectivity index (χ2n) is 10.1. The number of nitrogens with two attached hydrogens (primary N) is 1. The predicted molar refractivity (Wildman–Crippen MR) is 140 cm³/mol. The Bertz CT molecular complexity index is 1360. The molecule has 0 saturated carbocycles. The molecule has 2 aliphatic rings. The van der Waals surface area contributed by atoms with Crippen molar-refractivity contribution in [2.24, 2.45) is 11.1 Å². The van der Waals surface area contributed by atoms with Gasteiger partial charge < -0.3 is 15.6 Å². The fourth-order valence-corrected chi connectivity index (χ4v) is 6.33. The number of anilines is 1. The highest BCUT2D eigenvalue weighted by molar-refractivity contribution is 7.18. The SMILES string of the molecule is C=C/C(=C\c1[nH]c(C(N)=O)cc1C)CN1CCC2(CC1)CN(c1ncnc3sc(CC(F)(F)F)cc13)C2. The van der Waals surface area contributed by atoms with Crippen LogP contribution in [0.1, 0.15) is 39.5 Å². The topological polar surface area (TPSA) is 91.1 Å². The van der Waals surface area contributed by atoms with E-state index in [0.717, 1.165) is 79.6 Å². The van der Waals surface area contributed by atoms with Gasteiger partial charge in [-0.3, -0.25) is 9.69 Å². The van der Waals surface area contributed by atoms with E-state index in [1.54, 1.807) is 12.1 Å². The van der Waals surface area contributed by atoms with E-state index in [-0.39, 0.29) is 10.3 Å². The van der Waals surface area contributed by atoms with Gasteiger partial charge in [-0.25, -0.2) is 9.97 Å². The minimum Gasteiger partial charge on any atom is -0.364 e. The monoisotopic (exact) mass is 530 g/mol. The fraction of sp³-hybridized carbons (Fsp3) is 0.423. The summed E-state index contributed by atoms with van der Waals surface area (Å²) >= 11 is 1.09. The van der Waals surface area contributed by atoms with Crippen LogP contribution in [0.15, 0.2) is 36.7 Å². The fourth-order valence-electron chi connectivity index (χ4n) is 5.31. The van der Waals surface area contributed by atoms with Crippen LogP contribution >= 0.6 is 11.3 Å². The summed E-state index contributed by atoms with van der Waals surface area (Å²) in [5.41, 5.74) is 8.84. The molecule has 0 radical (unpaired) electrons. The molecule has 5 heterocycles. The average Bonchev–Trinajstić information content (AvgIpc) is 3.39. The summed E-state index contributed by atoms with van der Waals surface area (Å²) < 4.78 is 38.6. The summed E-state index contributed by atoms with van der Waals surface area (Å²) in [6, 6.07) is 3.35. The molecule has 0 unspecified atom stereocenters. The van der Waals surface area contributed by atoms with Crippen molar-refractivity contribution >= 4 is 39.4 Å². The molecule has 196 valence electrons. The number of fused-ring (bicyclic) bond motifs is 1. The Balaban J connectivity index is 1.20. The van der Waals surface area contributed by atoms with Crippen LogP contribution in [0.2, 0.25) is 0 Å². The summed E-state index contributed by atoms with van der Waals surface area (Å²) in [6.45, 7) is 10.2. The predicted octanol–water partition coefficient (Wildman–Crippen LogP) is 4.70. The lowest BCUT2D eigenvalue weighted by Gasteiger charge is -2.54. The van der Waals surface area contributed by atoms with E-state index < -0.39 is 18.5 Å². The number of aromatic nitrogens is 3. The molecule has 11 heteroatoms. The molecule has 2 saturated heterocycles. The Morgan fingerprint density at radius 1 is 1.27 bits per heavy atom. The molecule has 3 aromatic heterocycles. The van der Waals surface area contributed by atoms with Gasteiger partial charge >= 0.3 is 6.18 Å². The standard InChI is InChI=1S/C26H29F3N6OS/c1-3-17(9-20-16(2)8-21(33-20)22(30)36)12-34-6-4-25(5-7-34)13-35(14-25)23-19-10-18(11-26(27,28)29)37-24(19)32-15-31-23/h3,8-10,15,33H,1,4-7,11-14H2,2H3,(H2,30,36)/b17-9+. The van der Waals surface area contributed by atoms with E-state index in [9.17, 15) is 18.0 Å². The largest absolute Gasteiger partial charge is 0.393 e. The number of halogens is 3. The van der Waals surface area contributed by atoms with Crippen LogP contribution in [0.5, 0.6) is 0 Å². The van der Waals surface area contributed by atoms with Crippen LogP contribution in [0.3, 0.4) is 0 Å². The van der Waals surface area contributed by atoms with E-state index in [0.29, 0.717) is 15.9 Å². The summed E-state index contributed by atoms with van der Waals surface area (Å²) in [4.78, 5) is 28.6. The number of alkyl halides is 3. The van der Waals surface area contributed by atoms with E-state index in [1.807, 2.05) is 19.1 Å². The number of H-pyrrole nitrogens is 1. The second kappa shape index (κ2) is 9.60. The summed E-state index contributed by atoms with van der Waals surface area (Å²) in [7, 11) is 0. The van der Waals surface area contributed by atoms with Crippen LogP contribution in [0, 0.1) is 12.3 Å². The summed E-state index contributed by atoms with van der Waals surface area (Å²) in [6.07, 6.45) is 2.20. The second-order valence-corrected chi connectivity index (χ2v) is 11.2. The Hall–Kier alpha value is -3.18. The maximum atomic E-state index is 12.9. The first-order valence-electron chi connectivity index (χ1n) is 12.1. The van der Waals surface area contributed by atoms with Gasteiger partial charge in [-0.15, -0.1) is 11.3 Å². The van der Waals surface area contributed by atoms with E-state index in [2.05, 4.69) is 31.3 Å². The molecule has 3 aromatic rings. The van der Waals surface area contributed by atoms with Crippen molar-refractivity contribution in [1.29, 1.82) is 0 Å². The molecule has 7 nitrogen and oxygen atoms in total. The zero-order valence-electron chi connectivity index (χ0n) is 20.6. The summed E-state index contributed by atoms with van der Waals surface area (Å²) in [5.74, 6) is 0.249. The van der Waals surface area contributed by atoms with E-state index in [4.69, 9.17) is 5.73 Å². The van der Waals surface area contributed by atoms with Crippen molar-refractivity contribution in [1.82, 2.24) is 19.9 Å². The van der Waals surface area contributed by atoms with E-state index >= 15 is 0 Å². The number of carbonyl (C=O) groups excluding carboxylic acids is 1. The third kappa shape index (κ3) is 5.42. The number of rotatable bonds is 7. The van der Waals surface area contributed by atoms with Gasteiger partial charge in [0.05, 0.1) is 11.8 Å². The molecule has 0 atom stereocenters. The van der Waals surface area contributed by atoms with Crippen molar-refractivity contribution in [3.8, 4) is 0 Å². The number of aromatic amines is 1. The van der Waals surface area contributed by atoms with Gasteiger partial charge in [0.2, 0.25) is 0 Å². The lowest BCUT2D eigenvalue weighted by atomic mass is 9.72. The first-order chi connectivity index (χ1) is 17.5. The van der Waals surface area contributed by atoms with Gasteiger partial charge in [0.1, 0.15) is 22.7 Å². The molecule has 1 spiro atoms. The van der Waals surface area contributed by atoms with Crippen molar-refractivity contribution < 1.29 is 18.0 Å². The number of piperidine rings is 1. The highest BCUT2D eigenvalue weighted by Crippen LogP contribution is 2.44. The molecular formula is C26H29F3N6OS. The van der Waals surface area contributed by atoms with Crippen molar-refractivity contribution in [2.45, 2.75) is 32.4 Å². The number of carbonyl (C=O) groups is 1. The zero-order chi connectivity index (χ0) is 26.4. The number of nitrogens with zero attached hydrogens (tertiary/aromatic N) is 4. The Kier molecular flexibility index (Phi) is 6.61. The van der Waals surface area contributed by atoms with Crippen LogP contribution in [0.4, 0.5) is 19.0 Å². The first kappa shape index (κ1) is 25.5. The normalized spacial score (nSPS) is 18.4. The van der Waals surface area contributed by atoms with Crippen LogP contribution in [-0.4, -0.2) is 64.7 Å². The average molecular weight is 531 g/mol. The van der Waals surface area contributed by atoms with Crippen molar-refractivity contribution in [3.63, 3.8) is 0 Å². The van der Waals surface area contributed by atoms with E-state index in [1.165, 1.54) is 6.33 Å². The molecule has 2 fully saturated rings. The highest BCUT2D eigenvalue weighted by Gasteiger charge is 2.45. The number of nitrogens with one attached hydrogen (secondary N) is 1. The quantitative estimate of drug-likeness (QED) is 0.432. The number of hydrogen-bond donors (Lipinski definition) is 2. The molecule has 37 heavy (non-hydrogen) atoms. The maximum Gasteiger partial charge on any atom is 0.393 e. The van der Waals surface area contributed by atoms with Crippen LogP contribution in [0.25, 0.3) is 16.3 Å². The Morgan fingerprint density at radius 3 is 2.62 bits per heavy atom. The van der Waals surface area contributed by atoms with Crippen LogP contribution in [-0.2, 0) is 6.42 Å². The minimum absolute atomic E-state index is 0.198. The lowest BCUT2D eigenvalue weighted by molar-refractivity contribution is -0.126. The number of aryl methyl sites for hydroxylation is 1. The van der Waals surface area contributed by atoms with Gasteiger partial charge in [0.15, 0.2) is 0 Å². The molecule has 2 aliphatic heterocycles. The molecule has 0 bridgehead atoms. The highest BCUT2D eigenvalue weighted by atomic mass is 32.1. The lowest BCUT2D eigenvalue weighted by Crippen LogP contribution is -2.60. The molecule has 5 rings (SSSR count). The first-order valence-corrected chi connectivity index (χ1v) is 13.0. The third-order valence-corrected chi connectivity index (χ3v) is 8.36. The van der Waals surface area contributed by atoms with Crippen LogP contribution < -0.4 is 10.6 Å². The Labute approximate surface area is 216 Å². The number of hydrogen-bond acceptors (Lipinski definition) is 6. The molecule has 0 aromatic carbocycles. The molecule has 0 aliphatic carbocycles. The smallest absolute Gasteiger partial charge is 0.364 e. The molecule has 1 amide bonds. The Morgan fingerprint density at radius 2 is 2.00 bits per heavy atom. The number of amides is 1. The number of thiophene rings is 1. The third-order valence-electron chi connectivity index (χ3n) is 7.32. The number of likely N-dealkylation sites (tertiary alicyclic amines) is 1. The maximum absolute atomic E-state index is 12.9. The van der Waals surface area contributed by atoms with Gasteiger partial charge in [0.25, 0.3) is 5.91 Å². The van der Waals surface area contributed by atoms with Crippen molar-refractivity contribution in [3.05, 3.63) is 58.5 Å². The molecular weight excluding hydrogens is 501 g/mol. The van der Waals surface area contributed by atoms with Crippen molar-refractivity contribution in [2.75, 3.05) is 37.6 Å². The van der Waals surface area contributed by atoms with Gasteiger partial charge in [-0.1, -0.05) is 12.7 Å². The summed E-state index contributed by atoms with van der Waals surface area (Å²) in [5, 5.41) is 0.707. The van der Waals surface area contributed by atoms with Gasteiger partial charge in [-0.2, -0.15) is 13.2 Å². The van der Waals surface area contributed by atoms with Gasteiger partial charge in [0, 0.05) is 35.6 Å². The molecule has 3 N–H and O–H groups in total. The zero-order valence-corrected chi connectivity index (χ0v) is 21.4. The minimum atomic E-state index is -4.24. The number of primary amides is 1. The van der Waals surface area contributed by atoms with Gasteiger partial charge in [-0.05, 0) is 62.2 Å².